The fourth-order valence-electron chi connectivity index (χ4n) is 2.20. The summed E-state index contributed by atoms with van der Waals surface area (Å²) >= 11 is 1.68. The van der Waals surface area contributed by atoms with Crippen LogP contribution in [0.5, 0.6) is 0 Å². The Morgan fingerprint density at radius 3 is 2.82 bits per heavy atom. The molecule has 5 heteroatoms. The molecule has 0 aromatic heterocycles. The zero-order valence-corrected chi connectivity index (χ0v) is 11.2. The van der Waals surface area contributed by atoms with Crippen molar-refractivity contribution in [1.29, 1.82) is 0 Å². The van der Waals surface area contributed by atoms with Crippen molar-refractivity contribution in [3.8, 4) is 0 Å². The van der Waals surface area contributed by atoms with Gasteiger partial charge in [0.25, 0.3) is 0 Å². The molecule has 1 aliphatic heterocycles. The summed E-state index contributed by atoms with van der Waals surface area (Å²) in [4.78, 5) is 24.3. The zero-order valence-electron chi connectivity index (χ0n) is 10.4. The standard InChI is InChI=1S/C12H21NO3S/c1-17-8-6-11(14)13-7-2-3-10(9-13)4-5-12(15)16/h10H,2-9H2,1H3,(H,15,16). The number of nitrogens with zero attached hydrogens (tertiary/aromatic N) is 1. The van der Waals surface area contributed by atoms with Crippen molar-refractivity contribution < 1.29 is 14.7 Å². The molecule has 1 saturated heterocycles. The van der Waals surface area contributed by atoms with Crippen molar-refractivity contribution in [2.24, 2.45) is 5.92 Å². The Morgan fingerprint density at radius 2 is 2.18 bits per heavy atom. The lowest BCUT2D eigenvalue weighted by molar-refractivity contribution is -0.137. The van der Waals surface area contributed by atoms with E-state index in [0.717, 1.165) is 31.7 Å². The highest BCUT2D eigenvalue weighted by Crippen LogP contribution is 2.21. The van der Waals surface area contributed by atoms with E-state index in [1.54, 1.807) is 11.8 Å². The van der Waals surface area contributed by atoms with E-state index in [9.17, 15) is 9.59 Å². The predicted molar refractivity (Wildman–Crippen MR) is 69.2 cm³/mol. The van der Waals surface area contributed by atoms with Crippen molar-refractivity contribution in [3.05, 3.63) is 0 Å². The molecule has 0 bridgehead atoms. The molecule has 17 heavy (non-hydrogen) atoms. The van der Waals surface area contributed by atoms with Crippen LogP contribution in [0.3, 0.4) is 0 Å². The largest absolute Gasteiger partial charge is 0.481 e. The van der Waals surface area contributed by atoms with E-state index in [-0.39, 0.29) is 12.3 Å². The lowest BCUT2D eigenvalue weighted by atomic mass is 9.93. The van der Waals surface area contributed by atoms with Crippen molar-refractivity contribution in [2.75, 3.05) is 25.1 Å². The van der Waals surface area contributed by atoms with Gasteiger partial charge in [-0.2, -0.15) is 11.8 Å². The molecule has 0 radical (unpaired) electrons. The minimum absolute atomic E-state index is 0.220. The second-order valence-corrected chi connectivity index (χ2v) is 5.51. The minimum Gasteiger partial charge on any atom is -0.481 e. The van der Waals surface area contributed by atoms with Gasteiger partial charge in [0.2, 0.25) is 5.91 Å². The Labute approximate surface area is 107 Å². The summed E-state index contributed by atoms with van der Waals surface area (Å²) < 4.78 is 0. The van der Waals surface area contributed by atoms with E-state index in [1.807, 2.05) is 11.2 Å². The first-order valence-corrected chi connectivity index (χ1v) is 7.51. The van der Waals surface area contributed by atoms with Gasteiger partial charge in [-0.15, -0.1) is 0 Å². The molecule has 1 rings (SSSR count). The van der Waals surface area contributed by atoms with Crippen LogP contribution in [-0.2, 0) is 9.59 Å². The summed E-state index contributed by atoms with van der Waals surface area (Å²) in [5.41, 5.74) is 0. The summed E-state index contributed by atoms with van der Waals surface area (Å²) in [5, 5.41) is 8.65. The number of aliphatic carboxylic acids is 1. The molecule has 1 amide bonds. The van der Waals surface area contributed by atoms with Gasteiger partial charge < -0.3 is 10.0 Å². The van der Waals surface area contributed by atoms with Crippen LogP contribution in [0.1, 0.15) is 32.1 Å². The molecule has 0 aromatic carbocycles. The summed E-state index contributed by atoms with van der Waals surface area (Å²) in [6.07, 6.45) is 5.58. The molecule has 1 fully saturated rings. The van der Waals surface area contributed by atoms with Crippen molar-refractivity contribution >= 4 is 23.6 Å². The van der Waals surface area contributed by atoms with Gasteiger partial charge in [0.15, 0.2) is 0 Å². The van der Waals surface area contributed by atoms with Crippen LogP contribution in [0.25, 0.3) is 0 Å². The number of hydrogen-bond acceptors (Lipinski definition) is 3. The Bertz CT molecular complexity index is 270. The number of hydrogen-bond donors (Lipinski definition) is 1. The molecule has 0 aliphatic carbocycles. The predicted octanol–water partition coefficient (Wildman–Crippen LogP) is 1.84. The van der Waals surface area contributed by atoms with Gasteiger partial charge in [-0.25, -0.2) is 0 Å². The molecular weight excluding hydrogens is 238 g/mol. The summed E-state index contributed by atoms with van der Waals surface area (Å²) in [5.74, 6) is 0.725. The normalized spacial score (nSPS) is 20.3. The number of piperidine rings is 1. The van der Waals surface area contributed by atoms with Gasteiger partial charge in [-0.3, -0.25) is 9.59 Å². The van der Waals surface area contributed by atoms with Crippen molar-refractivity contribution in [2.45, 2.75) is 32.1 Å². The zero-order chi connectivity index (χ0) is 12.7. The molecule has 1 aliphatic rings. The number of carboxylic acids is 1. The molecule has 0 aromatic rings. The Balaban J connectivity index is 2.32. The maximum absolute atomic E-state index is 11.8. The lowest BCUT2D eigenvalue weighted by Gasteiger charge is -2.32. The van der Waals surface area contributed by atoms with Gasteiger partial charge in [0.05, 0.1) is 0 Å². The highest BCUT2D eigenvalue weighted by Gasteiger charge is 2.23. The maximum Gasteiger partial charge on any atom is 0.303 e. The number of carbonyl (C=O) groups is 2. The van der Waals surface area contributed by atoms with Gasteiger partial charge in [-0.05, 0) is 31.4 Å². The smallest absolute Gasteiger partial charge is 0.303 e. The number of carboxylic acid groups (broad SMARTS) is 1. The molecule has 4 nitrogen and oxygen atoms in total. The first kappa shape index (κ1) is 14.4. The van der Waals surface area contributed by atoms with E-state index in [1.165, 1.54) is 0 Å². The SMILES string of the molecule is CSCCC(=O)N1CCCC(CCC(=O)O)C1. The summed E-state index contributed by atoms with van der Waals surface area (Å²) in [7, 11) is 0. The summed E-state index contributed by atoms with van der Waals surface area (Å²) in [6.45, 7) is 1.59. The second-order valence-electron chi connectivity index (χ2n) is 4.52. The quantitative estimate of drug-likeness (QED) is 0.791. The van der Waals surface area contributed by atoms with Crippen LogP contribution in [0.15, 0.2) is 0 Å². The van der Waals surface area contributed by atoms with E-state index < -0.39 is 5.97 Å². The first-order valence-electron chi connectivity index (χ1n) is 6.12. The Hall–Kier alpha value is -0.710. The highest BCUT2D eigenvalue weighted by atomic mass is 32.2. The average molecular weight is 259 g/mol. The van der Waals surface area contributed by atoms with E-state index in [0.29, 0.717) is 18.8 Å². The third kappa shape index (κ3) is 5.44. The monoisotopic (exact) mass is 259 g/mol. The third-order valence-electron chi connectivity index (χ3n) is 3.16. The molecule has 0 saturated carbocycles. The first-order chi connectivity index (χ1) is 8.13. The Morgan fingerprint density at radius 1 is 1.41 bits per heavy atom. The molecule has 1 heterocycles. The van der Waals surface area contributed by atoms with Gasteiger partial charge >= 0.3 is 5.97 Å². The molecule has 0 spiro atoms. The minimum atomic E-state index is -0.740. The Kier molecular flexibility index (Phi) is 6.40. The second kappa shape index (κ2) is 7.58. The molecular formula is C12H21NO3S. The maximum atomic E-state index is 11.8. The van der Waals surface area contributed by atoms with Crippen LogP contribution >= 0.6 is 11.8 Å². The number of likely N-dealkylation sites (tertiary alicyclic amines) is 1. The fourth-order valence-corrected chi connectivity index (χ4v) is 2.58. The number of rotatable bonds is 6. The van der Waals surface area contributed by atoms with E-state index in [4.69, 9.17) is 5.11 Å². The average Bonchev–Trinajstić information content (AvgIpc) is 2.33. The number of thioether (sulfide) groups is 1. The van der Waals surface area contributed by atoms with Gasteiger partial charge in [0, 0.05) is 31.7 Å². The number of carbonyl (C=O) groups excluding carboxylic acids is 1. The van der Waals surface area contributed by atoms with Crippen molar-refractivity contribution in [1.82, 2.24) is 4.90 Å². The van der Waals surface area contributed by atoms with Crippen LogP contribution < -0.4 is 0 Å². The third-order valence-corrected chi connectivity index (χ3v) is 3.77. The van der Waals surface area contributed by atoms with Gasteiger partial charge in [0.1, 0.15) is 0 Å². The molecule has 98 valence electrons. The molecule has 1 N–H and O–H groups in total. The lowest BCUT2D eigenvalue weighted by Crippen LogP contribution is -2.40. The van der Waals surface area contributed by atoms with Crippen LogP contribution in [-0.4, -0.2) is 47.0 Å². The van der Waals surface area contributed by atoms with Crippen molar-refractivity contribution in [3.63, 3.8) is 0 Å². The topological polar surface area (TPSA) is 57.6 Å². The highest BCUT2D eigenvalue weighted by molar-refractivity contribution is 7.98. The van der Waals surface area contributed by atoms with Gasteiger partial charge in [-0.1, -0.05) is 0 Å². The van der Waals surface area contributed by atoms with Crippen LogP contribution in [0.4, 0.5) is 0 Å². The van der Waals surface area contributed by atoms with Crippen LogP contribution in [0, 0.1) is 5.92 Å². The molecule has 1 atom stereocenters. The molecule has 1 unspecified atom stereocenters. The fraction of sp³-hybridized carbons (Fsp3) is 0.833. The number of amides is 1. The van der Waals surface area contributed by atoms with E-state index in [2.05, 4.69) is 0 Å². The van der Waals surface area contributed by atoms with E-state index >= 15 is 0 Å². The van der Waals surface area contributed by atoms with Crippen LogP contribution in [0.2, 0.25) is 0 Å². The summed E-state index contributed by atoms with van der Waals surface area (Å²) in [6, 6.07) is 0.